The minimum atomic E-state index is -2.95. The van der Waals surface area contributed by atoms with E-state index < -0.39 is 46.9 Å². The van der Waals surface area contributed by atoms with E-state index in [0.29, 0.717) is 5.56 Å². The summed E-state index contributed by atoms with van der Waals surface area (Å²) in [6.45, 7) is 17.4. The molecule has 2 heterocycles. The van der Waals surface area contributed by atoms with Gasteiger partial charge in [0.1, 0.15) is 24.1 Å². The van der Waals surface area contributed by atoms with Crippen LogP contribution in [-0.4, -0.2) is 62.1 Å². The van der Waals surface area contributed by atoms with Crippen molar-refractivity contribution in [3.8, 4) is 0 Å². The number of rotatable bonds is 10. The molecule has 0 saturated carbocycles. The van der Waals surface area contributed by atoms with Gasteiger partial charge in [-0.05, 0) is 51.7 Å². The van der Waals surface area contributed by atoms with Gasteiger partial charge in [0.15, 0.2) is 14.5 Å². The Hall–Kier alpha value is -3.72. The van der Waals surface area contributed by atoms with Crippen molar-refractivity contribution in [1.29, 1.82) is 0 Å². The first-order valence-corrected chi connectivity index (χ1v) is 21.6. The Morgan fingerprint density at radius 3 is 1.88 bits per heavy atom. The van der Waals surface area contributed by atoms with Crippen LogP contribution in [0.5, 0.6) is 0 Å². The van der Waals surface area contributed by atoms with Crippen LogP contribution in [-0.2, 0) is 13.6 Å². The summed E-state index contributed by atoms with van der Waals surface area (Å²) < 4.78 is 21.9. The lowest BCUT2D eigenvalue weighted by atomic mass is 10.1. The molecule has 11 heteroatoms. The molecule has 4 atom stereocenters. The Labute approximate surface area is 291 Å². The summed E-state index contributed by atoms with van der Waals surface area (Å²) in [5.74, 6) is -0.283. The summed E-state index contributed by atoms with van der Waals surface area (Å²) in [6.07, 6.45) is -2.25. The molecule has 260 valence electrons. The molecule has 49 heavy (non-hydrogen) atoms. The fraction of sp³-hybridized carbons (Fsp3) is 0.395. The molecular formula is C38H49N3O6Si2. The summed E-state index contributed by atoms with van der Waals surface area (Å²) in [7, 11) is -5.39. The van der Waals surface area contributed by atoms with Crippen molar-refractivity contribution in [2.24, 2.45) is 0 Å². The van der Waals surface area contributed by atoms with E-state index in [1.54, 1.807) is 24.3 Å². The number of hydrogen-bond acceptors (Lipinski definition) is 7. The number of amides is 1. The SMILES string of the molecule is CC(C)(C)[Si](C)(C)O[C@H]1[C@@H](O)[C@H](n2ccc(NC(=O)c3ccccc3)nc2=O)O[C@@H]1CO[Si](c1ccccc1)(c1ccccc1)C(C)(C)C. The van der Waals surface area contributed by atoms with E-state index >= 15 is 0 Å². The molecule has 0 bridgehead atoms. The molecule has 1 aliphatic rings. The second-order valence-corrected chi connectivity index (χ2v) is 24.3. The fourth-order valence-electron chi connectivity index (χ4n) is 6.17. The Kier molecular flexibility index (Phi) is 10.6. The van der Waals surface area contributed by atoms with Crippen molar-refractivity contribution < 1.29 is 23.5 Å². The highest BCUT2D eigenvalue weighted by atomic mass is 28.4. The second-order valence-electron chi connectivity index (χ2n) is 15.2. The normalized spacial score (nSPS) is 20.3. The van der Waals surface area contributed by atoms with Crippen LogP contribution in [0.1, 0.15) is 58.1 Å². The van der Waals surface area contributed by atoms with Gasteiger partial charge in [-0.1, -0.05) is 120 Å². The van der Waals surface area contributed by atoms with Gasteiger partial charge in [0.2, 0.25) is 0 Å². The van der Waals surface area contributed by atoms with Crippen LogP contribution in [0.15, 0.2) is 108 Å². The molecule has 0 radical (unpaired) electrons. The lowest BCUT2D eigenvalue weighted by Gasteiger charge is -2.44. The average Bonchev–Trinajstić information content (AvgIpc) is 3.35. The van der Waals surface area contributed by atoms with Gasteiger partial charge < -0.3 is 24.0 Å². The number of aliphatic hydroxyl groups is 1. The molecular weight excluding hydrogens is 651 g/mol. The van der Waals surface area contributed by atoms with Crippen LogP contribution in [0.4, 0.5) is 5.82 Å². The predicted molar refractivity (Wildman–Crippen MR) is 198 cm³/mol. The molecule has 0 unspecified atom stereocenters. The number of carbonyl (C=O) groups is 1. The Balaban J connectivity index is 1.49. The molecule has 1 aromatic heterocycles. The Morgan fingerprint density at radius 1 is 0.857 bits per heavy atom. The fourth-order valence-corrected chi connectivity index (χ4v) is 12.1. The zero-order chi connectivity index (χ0) is 35.6. The third-order valence-corrected chi connectivity index (χ3v) is 19.3. The Bertz CT molecular complexity index is 1730. The van der Waals surface area contributed by atoms with E-state index in [-0.39, 0.29) is 28.4 Å². The topological polar surface area (TPSA) is 112 Å². The zero-order valence-corrected chi connectivity index (χ0v) is 31.7. The van der Waals surface area contributed by atoms with Crippen molar-refractivity contribution in [3.63, 3.8) is 0 Å². The second kappa shape index (κ2) is 14.3. The molecule has 1 aliphatic heterocycles. The summed E-state index contributed by atoms with van der Waals surface area (Å²) in [5.41, 5.74) is -0.230. The molecule has 0 spiro atoms. The molecule has 4 aromatic rings. The zero-order valence-electron chi connectivity index (χ0n) is 29.7. The maximum absolute atomic E-state index is 13.4. The van der Waals surface area contributed by atoms with Crippen LogP contribution in [0.2, 0.25) is 23.2 Å². The van der Waals surface area contributed by atoms with Gasteiger partial charge >= 0.3 is 5.69 Å². The van der Waals surface area contributed by atoms with Crippen LogP contribution in [0.25, 0.3) is 0 Å². The third kappa shape index (κ3) is 7.57. The molecule has 9 nitrogen and oxygen atoms in total. The third-order valence-electron chi connectivity index (χ3n) is 9.81. The highest BCUT2D eigenvalue weighted by molar-refractivity contribution is 6.99. The van der Waals surface area contributed by atoms with Gasteiger partial charge in [-0.3, -0.25) is 9.36 Å². The molecule has 3 aromatic carbocycles. The number of ether oxygens (including phenoxy) is 1. The highest BCUT2D eigenvalue weighted by Crippen LogP contribution is 2.42. The van der Waals surface area contributed by atoms with Crippen molar-refractivity contribution in [2.75, 3.05) is 11.9 Å². The van der Waals surface area contributed by atoms with Crippen LogP contribution in [0, 0.1) is 0 Å². The van der Waals surface area contributed by atoms with Crippen LogP contribution < -0.4 is 21.4 Å². The number of hydrogen-bond donors (Lipinski definition) is 2. The number of anilines is 1. The van der Waals surface area contributed by atoms with Gasteiger partial charge in [-0.2, -0.15) is 4.98 Å². The lowest BCUT2D eigenvalue weighted by molar-refractivity contribution is -0.0523. The van der Waals surface area contributed by atoms with E-state index in [9.17, 15) is 14.7 Å². The summed E-state index contributed by atoms with van der Waals surface area (Å²) in [6, 6.07) is 30.9. The maximum Gasteiger partial charge on any atom is 0.351 e. The average molecular weight is 700 g/mol. The molecule has 2 N–H and O–H groups in total. The lowest BCUT2D eigenvalue weighted by Crippen LogP contribution is -2.67. The summed E-state index contributed by atoms with van der Waals surface area (Å²) in [5, 5.41) is 16.4. The minimum Gasteiger partial charge on any atom is -0.408 e. The van der Waals surface area contributed by atoms with Gasteiger partial charge in [0.05, 0.1) is 6.61 Å². The number of aliphatic hydroxyl groups excluding tert-OH is 1. The largest absolute Gasteiger partial charge is 0.408 e. The number of nitrogens with one attached hydrogen (secondary N) is 1. The number of carbonyl (C=O) groups excluding carboxylic acids is 1. The maximum atomic E-state index is 13.4. The first-order chi connectivity index (χ1) is 23.0. The summed E-state index contributed by atoms with van der Waals surface area (Å²) in [4.78, 5) is 30.2. The van der Waals surface area contributed by atoms with Crippen LogP contribution in [0.3, 0.4) is 0 Å². The minimum absolute atomic E-state index is 0.100. The monoisotopic (exact) mass is 699 g/mol. The first kappa shape index (κ1) is 36.6. The van der Waals surface area contributed by atoms with Gasteiger partial charge in [-0.15, -0.1) is 0 Å². The molecule has 0 aliphatic carbocycles. The quantitative estimate of drug-likeness (QED) is 0.204. The predicted octanol–water partition coefficient (Wildman–Crippen LogP) is 5.72. The molecule has 1 fully saturated rings. The highest BCUT2D eigenvalue weighted by Gasteiger charge is 2.54. The van der Waals surface area contributed by atoms with E-state index in [2.05, 4.69) is 89.2 Å². The molecule has 5 rings (SSSR count). The van der Waals surface area contributed by atoms with Crippen molar-refractivity contribution in [2.45, 2.75) is 89.3 Å². The summed E-state index contributed by atoms with van der Waals surface area (Å²) >= 11 is 0. The molecule has 1 amide bonds. The standard InChI is InChI=1S/C38H49N3O6Si2/c1-37(2,3)48(7,8)47-33-30(26-45-49(38(4,5)6,28-20-14-10-15-21-28)29-22-16-11-17-23-29)46-35(32(33)42)41-25-24-31(40-36(41)44)39-34(43)27-18-12-9-13-19-27/h9-25,30,32-33,35,42H,26H2,1-8H3,(H,39,40,43,44)/t30-,32-,33-,35-/m1/s1. The molecule has 1 saturated heterocycles. The van der Waals surface area contributed by atoms with E-state index in [1.807, 2.05) is 42.5 Å². The van der Waals surface area contributed by atoms with Crippen LogP contribution >= 0.6 is 0 Å². The van der Waals surface area contributed by atoms with E-state index in [0.717, 1.165) is 10.4 Å². The number of nitrogens with zero attached hydrogens (tertiary/aromatic N) is 2. The van der Waals surface area contributed by atoms with Gasteiger partial charge in [0, 0.05) is 11.8 Å². The van der Waals surface area contributed by atoms with E-state index in [1.165, 1.54) is 16.8 Å². The van der Waals surface area contributed by atoms with Crippen molar-refractivity contribution in [3.05, 3.63) is 119 Å². The smallest absolute Gasteiger partial charge is 0.351 e. The van der Waals surface area contributed by atoms with Gasteiger partial charge in [0.25, 0.3) is 14.2 Å². The first-order valence-electron chi connectivity index (χ1n) is 16.8. The van der Waals surface area contributed by atoms with Gasteiger partial charge in [-0.25, -0.2) is 4.79 Å². The van der Waals surface area contributed by atoms with E-state index in [4.69, 9.17) is 13.6 Å². The number of benzene rings is 3. The van der Waals surface area contributed by atoms with Crippen molar-refractivity contribution in [1.82, 2.24) is 9.55 Å². The van der Waals surface area contributed by atoms with Crippen molar-refractivity contribution >= 4 is 38.7 Å². The Morgan fingerprint density at radius 2 is 1.39 bits per heavy atom. The number of aromatic nitrogens is 2.